The molecule has 0 unspecified atom stereocenters. The Bertz CT molecular complexity index is 130. The molecular formula is C8H15NO2. The van der Waals surface area contributed by atoms with Gasteiger partial charge in [0, 0.05) is 6.54 Å². The van der Waals surface area contributed by atoms with Gasteiger partial charge in [-0.3, -0.25) is 4.79 Å². The van der Waals surface area contributed by atoms with Crippen LogP contribution < -0.4 is 0 Å². The third kappa shape index (κ3) is 2.89. The number of carbonyl (C=O) groups excluding carboxylic acids is 1. The van der Waals surface area contributed by atoms with E-state index in [1.807, 2.05) is 0 Å². The second-order valence-corrected chi connectivity index (χ2v) is 2.87. The van der Waals surface area contributed by atoms with Gasteiger partial charge in [0.2, 0.25) is 0 Å². The van der Waals surface area contributed by atoms with E-state index in [9.17, 15) is 4.79 Å². The zero-order valence-corrected chi connectivity index (χ0v) is 7.01. The van der Waals surface area contributed by atoms with Gasteiger partial charge in [0.25, 0.3) is 0 Å². The number of methoxy groups -OCH3 is 1. The highest BCUT2D eigenvalue weighted by atomic mass is 16.5. The molecule has 1 saturated heterocycles. The van der Waals surface area contributed by atoms with Crippen LogP contribution >= 0.6 is 0 Å². The van der Waals surface area contributed by atoms with Crippen molar-refractivity contribution in [2.45, 2.75) is 19.3 Å². The van der Waals surface area contributed by atoms with Crippen molar-refractivity contribution in [3.8, 4) is 0 Å². The summed E-state index contributed by atoms with van der Waals surface area (Å²) in [5.41, 5.74) is 0. The van der Waals surface area contributed by atoms with Crippen molar-refractivity contribution < 1.29 is 9.53 Å². The Kier molecular flexibility index (Phi) is 3.36. The highest BCUT2D eigenvalue weighted by Gasteiger charge is 2.12. The average molecular weight is 157 g/mol. The first-order chi connectivity index (χ1) is 5.33. The Balaban J connectivity index is 2.06. The van der Waals surface area contributed by atoms with Gasteiger partial charge in [0.1, 0.15) is 0 Å². The number of esters is 1. The summed E-state index contributed by atoms with van der Waals surface area (Å²) in [5.74, 6) is -0.100. The number of nitrogens with zero attached hydrogens (tertiary/aromatic N) is 1. The Labute approximate surface area is 67.3 Å². The predicted octanol–water partition coefficient (Wildman–Crippen LogP) is 0.645. The van der Waals surface area contributed by atoms with E-state index in [0.717, 1.165) is 19.6 Å². The normalized spacial score (nSPS) is 18.6. The van der Waals surface area contributed by atoms with Crippen LogP contribution in [0, 0.1) is 0 Å². The van der Waals surface area contributed by atoms with Crippen molar-refractivity contribution >= 4 is 5.97 Å². The minimum Gasteiger partial charge on any atom is -0.469 e. The van der Waals surface area contributed by atoms with Crippen LogP contribution in [-0.2, 0) is 9.53 Å². The molecule has 64 valence electrons. The molecule has 0 aromatic heterocycles. The first-order valence-corrected chi connectivity index (χ1v) is 4.12. The van der Waals surface area contributed by atoms with Crippen molar-refractivity contribution in [2.24, 2.45) is 0 Å². The molecule has 0 spiro atoms. The van der Waals surface area contributed by atoms with Crippen LogP contribution in [0.25, 0.3) is 0 Å². The molecule has 1 aliphatic rings. The molecule has 1 rings (SSSR count). The summed E-state index contributed by atoms with van der Waals surface area (Å²) in [6, 6.07) is 0. The predicted molar refractivity (Wildman–Crippen MR) is 42.3 cm³/mol. The molecule has 0 amide bonds. The van der Waals surface area contributed by atoms with Crippen LogP contribution in [0.3, 0.4) is 0 Å². The summed E-state index contributed by atoms with van der Waals surface area (Å²) in [5, 5.41) is 0. The molecule has 1 fully saturated rings. The Morgan fingerprint density at radius 1 is 1.45 bits per heavy atom. The summed E-state index contributed by atoms with van der Waals surface area (Å²) in [6.07, 6.45) is 3.10. The van der Waals surface area contributed by atoms with Crippen molar-refractivity contribution in [1.82, 2.24) is 4.90 Å². The lowest BCUT2D eigenvalue weighted by Crippen LogP contribution is -2.22. The van der Waals surface area contributed by atoms with Crippen LogP contribution in [0.2, 0.25) is 0 Å². The smallest absolute Gasteiger partial charge is 0.306 e. The molecule has 3 nitrogen and oxygen atoms in total. The van der Waals surface area contributed by atoms with E-state index >= 15 is 0 Å². The van der Waals surface area contributed by atoms with Gasteiger partial charge in [-0.2, -0.15) is 0 Å². The minimum absolute atomic E-state index is 0.100. The van der Waals surface area contributed by atoms with Crippen LogP contribution in [-0.4, -0.2) is 37.6 Å². The van der Waals surface area contributed by atoms with Crippen LogP contribution in [0.1, 0.15) is 19.3 Å². The average Bonchev–Trinajstić information content (AvgIpc) is 2.52. The van der Waals surface area contributed by atoms with Gasteiger partial charge in [-0.25, -0.2) is 0 Å². The molecule has 0 radical (unpaired) electrons. The van der Waals surface area contributed by atoms with E-state index in [1.165, 1.54) is 20.0 Å². The number of hydrogen-bond acceptors (Lipinski definition) is 3. The number of rotatable bonds is 3. The topological polar surface area (TPSA) is 29.5 Å². The monoisotopic (exact) mass is 157 g/mol. The van der Waals surface area contributed by atoms with E-state index in [0.29, 0.717) is 6.42 Å². The van der Waals surface area contributed by atoms with Gasteiger partial charge in [0.15, 0.2) is 0 Å². The van der Waals surface area contributed by atoms with E-state index in [-0.39, 0.29) is 5.97 Å². The van der Waals surface area contributed by atoms with E-state index in [2.05, 4.69) is 9.64 Å². The first kappa shape index (κ1) is 8.53. The Hall–Kier alpha value is -0.570. The largest absolute Gasteiger partial charge is 0.469 e. The Morgan fingerprint density at radius 3 is 2.64 bits per heavy atom. The van der Waals surface area contributed by atoms with E-state index < -0.39 is 0 Å². The second kappa shape index (κ2) is 4.34. The minimum atomic E-state index is -0.100. The van der Waals surface area contributed by atoms with Gasteiger partial charge >= 0.3 is 5.97 Å². The molecular weight excluding hydrogens is 142 g/mol. The molecule has 3 heteroatoms. The molecule has 0 bridgehead atoms. The molecule has 0 N–H and O–H groups in total. The van der Waals surface area contributed by atoms with Gasteiger partial charge in [-0.1, -0.05) is 0 Å². The zero-order chi connectivity index (χ0) is 8.10. The fourth-order valence-electron chi connectivity index (χ4n) is 1.36. The van der Waals surface area contributed by atoms with Gasteiger partial charge in [0.05, 0.1) is 13.5 Å². The van der Waals surface area contributed by atoms with Gasteiger partial charge in [-0.15, -0.1) is 0 Å². The van der Waals surface area contributed by atoms with Gasteiger partial charge < -0.3 is 9.64 Å². The van der Waals surface area contributed by atoms with Crippen LogP contribution in [0.15, 0.2) is 0 Å². The summed E-state index contributed by atoms with van der Waals surface area (Å²) in [6.45, 7) is 3.17. The third-order valence-electron chi connectivity index (χ3n) is 2.06. The summed E-state index contributed by atoms with van der Waals surface area (Å²) < 4.78 is 4.54. The molecule has 1 heterocycles. The zero-order valence-electron chi connectivity index (χ0n) is 7.01. The second-order valence-electron chi connectivity index (χ2n) is 2.87. The molecule has 0 aromatic rings. The van der Waals surface area contributed by atoms with Crippen molar-refractivity contribution in [3.05, 3.63) is 0 Å². The number of carbonyl (C=O) groups is 1. The lowest BCUT2D eigenvalue weighted by atomic mass is 10.4. The standard InChI is InChI=1S/C8H15NO2/c1-11-8(10)4-7-9-5-2-3-6-9/h2-7H2,1H3. The molecule has 0 aromatic carbocycles. The highest BCUT2D eigenvalue weighted by Crippen LogP contribution is 2.07. The first-order valence-electron chi connectivity index (χ1n) is 4.12. The SMILES string of the molecule is COC(=O)CCN1CCCC1. The summed E-state index contributed by atoms with van der Waals surface area (Å²) in [7, 11) is 1.44. The van der Waals surface area contributed by atoms with Crippen molar-refractivity contribution in [2.75, 3.05) is 26.7 Å². The quantitative estimate of drug-likeness (QED) is 0.563. The maximum Gasteiger partial charge on any atom is 0.306 e. The maximum atomic E-state index is 10.7. The molecule has 0 aliphatic carbocycles. The Morgan fingerprint density at radius 2 is 2.09 bits per heavy atom. The summed E-state index contributed by atoms with van der Waals surface area (Å²) in [4.78, 5) is 13.0. The third-order valence-corrected chi connectivity index (χ3v) is 2.06. The molecule has 0 atom stereocenters. The highest BCUT2D eigenvalue weighted by molar-refractivity contribution is 5.69. The summed E-state index contributed by atoms with van der Waals surface area (Å²) >= 11 is 0. The van der Waals surface area contributed by atoms with Crippen LogP contribution in [0.5, 0.6) is 0 Å². The van der Waals surface area contributed by atoms with E-state index in [1.54, 1.807) is 0 Å². The molecule has 0 saturated carbocycles. The number of hydrogen-bond donors (Lipinski definition) is 0. The lowest BCUT2D eigenvalue weighted by Gasteiger charge is -2.12. The van der Waals surface area contributed by atoms with Gasteiger partial charge in [-0.05, 0) is 25.9 Å². The van der Waals surface area contributed by atoms with Crippen molar-refractivity contribution in [3.63, 3.8) is 0 Å². The lowest BCUT2D eigenvalue weighted by molar-refractivity contribution is -0.140. The van der Waals surface area contributed by atoms with Crippen LogP contribution in [0.4, 0.5) is 0 Å². The maximum absolute atomic E-state index is 10.7. The molecule has 11 heavy (non-hydrogen) atoms. The van der Waals surface area contributed by atoms with Crippen molar-refractivity contribution in [1.29, 1.82) is 0 Å². The van der Waals surface area contributed by atoms with E-state index in [4.69, 9.17) is 0 Å². The fraction of sp³-hybridized carbons (Fsp3) is 0.875. The number of ether oxygens (including phenoxy) is 1. The fourth-order valence-corrected chi connectivity index (χ4v) is 1.36. The number of likely N-dealkylation sites (tertiary alicyclic amines) is 1. The molecule has 1 aliphatic heterocycles.